The lowest BCUT2D eigenvalue weighted by Crippen LogP contribution is -2.33. The summed E-state index contributed by atoms with van der Waals surface area (Å²) >= 11 is 1.62. The number of likely N-dealkylation sites (N-methyl/N-ethyl adjacent to an activating group) is 1. The van der Waals surface area contributed by atoms with Gasteiger partial charge in [-0.05, 0) is 26.2 Å². The summed E-state index contributed by atoms with van der Waals surface area (Å²) in [6.45, 7) is 4.01. The van der Waals surface area contributed by atoms with E-state index in [1.54, 1.807) is 11.3 Å². The molecule has 118 valence electrons. The number of carbonyl (C=O) groups is 1. The quantitative estimate of drug-likeness (QED) is 0.725. The summed E-state index contributed by atoms with van der Waals surface area (Å²) < 4.78 is 10.7. The smallest absolute Gasteiger partial charge is 0.306 e. The molecule has 0 bridgehead atoms. The molecule has 1 aliphatic heterocycles. The molecule has 0 spiro atoms. The molecule has 1 atom stereocenters. The second kappa shape index (κ2) is 8.34. The highest BCUT2D eigenvalue weighted by molar-refractivity contribution is 7.13. The van der Waals surface area contributed by atoms with Gasteiger partial charge in [-0.15, -0.1) is 11.3 Å². The highest BCUT2D eigenvalue weighted by atomic mass is 32.1. The van der Waals surface area contributed by atoms with Crippen molar-refractivity contribution in [1.82, 2.24) is 4.98 Å². The maximum Gasteiger partial charge on any atom is 0.306 e. The largest absolute Gasteiger partial charge is 0.466 e. The topological polar surface area (TPSA) is 51.7 Å². The third-order valence-corrected chi connectivity index (χ3v) is 4.51. The van der Waals surface area contributed by atoms with E-state index in [1.807, 2.05) is 19.4 Å². The van der Waals surface area contributed by atoms with Crippen molar-refractivity contribution in [2.24, 2.45) is 0 Å². The van der Waals surface area contributed by atoms with Gasteiger partial charge in [0.05, 0.1) is 24.8 Å². The predicted octanol–water partition coefficient (Wildman–Crippen LogP) is 2.64. The van der Waals surface area contributed by atoms with Gasteiger partial charge in [-0.2, -0.15) is 0 Å². The van der Waals surface area contributed by atoms with Crippen LogP contribution >= 0.6 is 11.3 Å². The third-order valence-electron chi connectivity index (χ3n) is 3.51. The summed E-state index contributed by atoms with van der Waals surface area (Å²) in [5, 5.41) is 3.01. The zero-order chi connectivity index (χ0) is 15.1. The monoisotopic (exact) mass is 312 g/mol. The fourth-order valence-electron chi connectivity index (χ4n) is 2.38. The van der Waals surface area contributed by atoms with Crippen LogP contribution in [-0.4, -0.2) is 43.9 Å². The molecule has 1 aromatic rings. The Bertz CT molecular complexity index is 444. The van der Waals surface area contributed by atoms with Gasteiger partial charge in [0, 0.05) is 32.0 Å². The van der Waals surface area contributed by atoms with Crippen molar-refractivity contribution in [2.45, 2.75) is 45.1 Å². The van der Waals surface area contributed by atoms with Crippen LogP contribution in [0.15, 0.2) is 5.38 Å². The molecule has 6 heteroatoms. The first kappa shape index (κ1) is 16.2. The van der Waals surface area contributed by atoms with Gasteiger partial charge in [0.15, 0.2) is 5.13 Å². The lowest BCUT2D eigenvalue weighted by Gasteiger charge is -2.27. The predicted molar refractivity (Wildman–Crippen MR) is 83.9 cm³/mol. The van der Waals surface area contributed by atoms with E-state index in [1.165, 1.54) is 12.8 Å². The van der Waals surface area contributed by atoms with Gasteiger partial charge in [0.25, 0.3) is 0 Å². The summed E-state index contributed by atoms with van der Waals surface area (Å²) in [5.74, 6) is -0.156. The number of esters is 1. The van der Waals surface area contributed by atoms with Crippen molar-refractivity contribution in [3.8, 4) is 0 Å². The standard InChI is InChI=1S/C15H24N2O3S/c1-3-19-14(18)8-7-12-11-21-15(16-12)17(2)10-13-6-4-5-9-20-13/h11,13H,3-10H2,1-2H3. The SMILES string of the molecule is CCOC(=O)CCc1csc(N(C)CC2CCCCO2)n1. The van der Waals surface area contributed by atoms with Gasteiger partial charge in [-0.3, -0.25) is 4.79 Å². The van der Waals surface area contributed by atoms with Crippen LogP contribution in [0.2, 0.25) is 0 Å². The number of hydrogen-bond acceptors (Lipinski definition) is 6. The average molecular weight is 312 g/mol. The van der Waals surface area contributed by atoms with Crippen molar-refractivity contribution < 1.29 is 14.3 Å². The number of thiazole rings is 1. The lowest BCUT2D eigenvalue weighted by atomic mass is 10.1. The molecule has 0 N–H and O–H groups in total. The molecule has 1 saturated heterocycles. The summed E-state index contributed by atoms with van der Waals surface area (Å²) in [5.41, 5.74) is 0.958. The lowest BCUT2D eigenvalue weighted by molar-refractivity contribution is -0.143. The van der Waals surface area contributed by atoms with Crippen molar-refractivity contribution in [3.63, 3.8) is 0 Å². The van der Waals surface area contributed by atoms with Gasteiger partial charge >= 0.3 is 5.97 Å². The molecule has 1 unspecified atom stereocenters. The van der Waals surface area contributed by atoms with Crippen molar-refractivity contribution in [1.29, 1.82) is 0 Å². The number of hydrogen-bond donors (Lipinski definition) is 0. The van der Waals surface area contributed by atoms with Crippen LogP contribution in [0.4, 0.5) is 5.13 Å². The first-order valence-electron chi connectivity index (χ1n) is 7.61. The Balaban J connectivity index is 1.79. The third kappa shape index (κ3) is 5.28. The van der Waals surface area contributed by atoms with Crippen LogP contribution in [0.5, 0.6) is 0 Å². The molecule has 2 heterocycles. The first-order chi connectivity index (χ1) is 10.2. The number of anilines is 1. The maximum atomic E-state index is 11.3. The number of aromatic nitrogens is 1. The second-order valence-corrected chi connectivity index (χ2v) is 6.13. The summed E-state index contributed by atoms with van der Waals surface area (Å²) in [6.07, 6.45) is 4.91. The zero-order valence-corrected chi connectivity index (χ0v) is 13.7. The summed E-state index contributed by atoms with van der Waals surface area (Å²) in [6, 6.07) is 0. The Morgan fingerprint density at radius 2 is 2.43 bits per heavy atom. The molecule has 0 saturated carbocycles. The Morgan fingerprint density at radius 3 is 3.14 bits per heavy atom. The molecule has 1 fully saturated rings. The van der Waals surface area contributed by atoms with Crippen LogP contribution in [0.1, 0.15) is 38.3 Å². The van der Waals surface area contributed by atoms with E-state index in [9.17, 15) is 4.79 Å². The van der Waals surface area contributed by atoms with Crippen LogP contribution in [0.25, 0.3) is 0 Å². The second-order valence-electron chi connectivity index (χ2n) is 5.30. The van der Waals surface area contributed by atoms with Crippen molar-refractivity contribution in [2.75, 3.05) is 31.7 Å². The van der Waals surface area contributed by atoms with Gasteiger partial charge in [0.1, 0.15) is 0 Å². The van der Waals surface area contributed by atoms with Gasteiger partial charge in [-0.1, -0.05) is 0 Å². The van der Waals surface area contributed by atoms with Crippen LogP contribution in [0, 0.1) is 0 Å². The highest BCUT2D eigenvalue weighted by Gasteiger charge is 2.17. The van der Waals surface area contributed by atoms with E-state index in [0.717, 1.165) is 30.4 Å². The van der Waals surface area contributed by atoms with Crippen molar-refractivity contribution in [3.05, 3.63) is 11.1 Å². The summed E-state index contributed by atoms with van der Waals surface area (Å²) in [7, 11) is 2.05. The van der Waals surface area contributed by atoms with E-state index in [-0.39, 0.29) is 5.97 Å². The number of ether oxygens (including phenoxy) is 2. The normalized spacial score (nSPS) is 18.5. The fourth-order valence-corrected chi connectivity index (χ4v) is 3.22. The molecular weight excluding hydrogens is 288 g/mol. The Kier molecular flexibility index (Phi) is 6.45. The number of nitrogens with zero attached hydrogens (tertiary/aromatic N) is 2. The van der Waals surface area contributed by atoms with Crippen LogP contribution in [-0.2, 0) is 20.7 Å². The molecule has 0 amide bonds. The molecule has 0 aromatic carbocycles. The number of aryl methyl sites for hydroxylation is 1. The summed E-state index contributed by atoms with van der Waals surface area (Å²) in [4.78, 5) is 18.1. The molecule has 0 aliphatic carbocycles. The molecule has 1 aromatic heterocycles. The molecular formula is C15H24N2O3S. The zero-order valence-electron chi connectivity index (χ0n) is 12.8. The van der Waals surface area contributed by atoms with Gasteiger partial charge < -0.3 is 14.4 Å². The highest BCUT2D eigenvalue weighted by Crippen LogP contribution is 2.22. The maximum absolute atomic E-state index is 11.3. The molecule has 21 heavy (non-hydrogen) atoms. The molecule has 0 radical (unpaired) electrons. The van der Waals surface area contributed by atoms with E-state index in [2.05, 4.69) is 9.88 Å². The Labute approximate surface area is 130 Å². The first-order valence-corrected chi connectivity index (χ1v) is 8.49. The van der Waals surface area contributed by atoms with Crippen molar-refractivity contribution >= 4 is 22.4 Å². The van der Waals surface area contributed by atoms with Crippen LogP contribution < -0.4 is 4.90 Å². The van der Waals surface area contributed by atoms with Gasteiger partial charge in [-0.25, -0.2) is 4.98 Å². The minimum Gasteiger partial charge on any atom is -0.466 e. The molecule has 2 rings (SSSR count). The number of rotatable bonds is 7. The van der Waals surface area contributed by atoms with E-state index < -0.39 is 0 Å². The average Bonchev–Trinajstić information content (AvgIpc) is 2.95. The Hall–Kier alpha value is -1.14. The fraction of sp³-hybridized carbons (Fsp3) is 0.733. The minimum absolute atomic E-state index is 0.156. The van der Waals surface area contributed by atoms with E-state index in [0.29, 0.717) is 25.6 Å². The van der Waals surface area contributed by atoms with Gasteiger partial charge in [0.2, 0.25) is 0 Å². The number of carbonyl (C=O) groups excluding carboxylic acids is 1. The van der Waals surface area contributed by atoms with E-state index >= 15 is 0 Å². The Morgan fingerprint density at radius 1 is 1.57 bits per heavy atom. The molecule has 1 aliphatic rings. The molecule has 5 nitrogen and oxygen atoms in total. The van der Waals surface area contributed by atoms with Crippen LogP contribution in [0.3, 0.4) is 0 Å². The minimum atomic E-state index is -0.156. The van der Waals surface area contributed by atoms with E-state index in [4.69, 9.17) is 9.47 Å².